The Hall–Kier alpha value is -1.45. The number of anilines is 2. The summed E-state index contributed by atoms with van der Waals surface area (Å²) in [7, 11) is 0. The zero-order chi connectivity index (χ0) is 13.1. The fraction of sp³-hybridized carbons (Fsp3) is 0.667. The van der Waals surface area contributed by atoms with Crippen molar-refractivity contribution in [3.8, 4) is 5.75 Å². The lowest BCUT2D eigenvalue weighted by Crippen LogP contribution is -2.32. The van der Waals surface area contributed by atoms with Crippen molar-refractivity contribution in [2.45, 2.75) is 38.5 Å². The molecule has 3 rings (SSSR count). The summed E-state index contributed by atoms with van der Waals surface area (Å²) < 4.78 is 0. The van der Waals surface area contributed by atoms with E-state index in [1.165, 1.54) is 38.5 Å². The second-order valence-corrected chi connectivity index (χ2v) is 5.60. The first kappa shape index (κ1) is 12.6. The summed E-state index contributed by atoms with van der Waals surface area (Å²) in [4.78, 5) is 8.93. The van der Waals surface area contributed by atoms with Crippen LogP contribution in [0.1, 0.15) is 38.5 Å². The van der Waals surface area contributed by atoms with E-state index in [0.717, 1.165) is 37.7 Å². The SMILES string of the molecule is Oc1c(N2CCCCC2)ccnc1N1CCCCC1. The molecule has 0 aliphatic carbocycles. The van der Waals surface area contributed by atoms with Crippen molar-refractivity contribution >= 4 is 11.5 Å². The molecule has 4 heteroatoms. The second kappa shape index (κ2) is 5.68. The van der Waals surface area contributed by atoms with Gasteiger partial charge in [-0.3, -0.25) is 0 Å². The number of hydrogen-bond acceptors (Lipinski definition) is 4. The molecule has 104 valence electrons. The Balaban J connectivity index is 1.84. The van der Waals surface area contributed by atoms with Crippen molar-refractivity contribution < 1.29 is 5.11 Å². The van der Waals surface area contributed by atoms with Gasteiger partial charge in [-0.1, -0.05) is 0 Å². The molecule has 2 saturated heterocycles. The van der Waals surface area contributed by atoms with Crippen molar-refractivity contribution in [1.29, 1.82) is 0 Å². The quantitative estimate of drug-likeness (QED) is 0.888. The molecular formula is C15H23N3O. The molecule has 3 heterocycles. The lowest BCUT2D eigenvalue weighted by molar-refractivity contribution is 0.461. The molecule has 0 atom stereocenters. The minimum absolute atomic E-state index is 0.381. The minimum Gasteiger partial charge on any atom is -0.503 e. The van der Waals surface area contributed by atoms with Crippen LogP contribution in [0.25, 0.3) is 0 Å². The summed E-state index contributed by atoms with van der Waals surface area (Å²) in [5, 5.41) is 10.5. The molecule has 0 unspecified atom stereocenters. The number of piperidine rings is 2. The maximum absolute atomic E-state index is 10.5. The van der Waals surface area contributed by atoms with Crippen molar-refractivity contribution in [1.82, 2.24) is 4.98 Å². The molecule has 0 bridgehead atoms. The molecule has 4 nitrogen and oxygen atoms in total. The highest BCUT2D eigenvalue weighted by atomic mass is 16.3. The van der Waals surface area contributed by atoms with E-state index < -0.39 is 0 Å². The van der Waals surface area contributed by atoms with Crippen LogP contribution in [0.4, 0.5) is 11.5 Å². The van der Waals surface area contributed by atoms with Gasteiger partial charge < -0.3 is 14.9 Å². The molecule has 2 aliphatic rings. The van der Waals surface area contributed by atoms with Gasteiger partial charge in [-0.2, -0.15) is 0 Å². The van der Waals surface area contributed by atoms with Crippen molar-refractivity contribution in [3.63, 3.8) is 0 Å². The van der Waals surface area contributed by atoms with Crippen LogP contribution in [0.15, 0.2) is 12.3 Å². The standard InChI is InChI=1S/C15H23N3O/c19-14-13(17-9-3-1-4-10-17)7-8-16-15(14)18-11-5-2-6-12-18/h7-8,19H,1-6,9-12H2. The van der Waals surface area contributed by atoms with Gasteiger partial charge in [0.05, 0.1) is 5.69 Å². The van der Waals surface area contributed by atoms with Crippen LogP contribution in [0.3, 0.4) is 0 Å². The number of aromatic nitrogens is 1. The van der Waals surface area contributed by atoms with Crippen LogP contribution >= 0.6 is 0 Å². The maximum Gasteiger partial charge on any atom is 0.182 e. The minimum atomic E-state index is 0.381. The van der Waals surface area contributed by atoms with Gasteiger partial charge in [0.15, 0.2) is 11.6 Å². The Morgan fingerprint density at radius 3 is 2.05 bits per heavy atom. The summed E-state index contributed by atoms with van der Waals surface area (Å²) in [5.74, 6) is 1.16. The number of pyridine rings is 1. The molecule has 1 N–H and O–H groups in total. The lowest BCUT2D eigenvalue weighted by Gasteiger charge is -2.32. The first-order chi connectivity index (χ1) is 9.36. The summed E-state index contributed by atoms with van der Waals surface area (Å²) in [5.41, 5.74) is 0.968. The van der Waals surface area contributed by atoms with Crippen LogP contribution in [0, 0.1) is 0 Å². The maximum atomic E-state index is 10.5. The Morgan fingerprint density at radius 1 is 0.842 bits per heavy atom. The highest BCUT2D eigenvalue weighted by Crippen LogP contribution is 2.37. The molecular weight excluding hydrogens is 238 g/mol. The van der Waals surface area contributed by atoms with Gasteiger partial charge in [0.1, 0.15) is 0 Å². The molecule has 1 aromatic rings. The fourth-order valence-electron chi connectivity index (χ4n) is 3.16. The van der Waals surface area contributed by atoms with Gasteiger partial charge in [-0.15, -0.1) is 0 Å². The molecule has 2 fully saturated rings. The molecule has 1 aromatic heterocycles. The van der Waals surface area contributed by atoms with Gasteiger partial charge in [0.25, 0.3) is 0 Å². The van der Waals surface area contributed by atoms with Crippen LogP contribution in [0.2, 0.25) is 0 Å². The van der Waals surface area contributed by atoms with Crippen molar-refractivity contribution in [3.05, 3.63) is 12.3 Å². The van der Waals surface area contributed by atoms with E-state index in [9.17, 15) is 5.11 Å². The van der Waals surface area contributed by atoms with Gasteiger partial charge in [0.2, 0.25) is 0 Å². The van der Waals surface area contributed by atoms with E-state index >= 15 is 0 Å². The molecule has 0 spiro atoms. The normalized spacial score (nSPS) is 20.6. The molecule has 0 amide bonds. The van der Waals surface area contributed by atoms with Crippen LogP contribution in [-0.4, -0.2) is 36.3 Å². The third-order valence-electron chi connectivity index (χ3n) is 4.24. The molecule has 0 saturated carbocycles. The van der Waals surface area contributed by atoms with Gasteiger partial charge in [0, 0.05) is 32.4 Å². The molecule has 2 aliphatic heterocycles. The third kappa shape index (κ3) is 2.62. The highest BCUT2D eigenvalue weighted by molar-refractivity contribution is 5.69. The van der Waals surface area contributed by atoms with Crippen molar-refractivity contribution in [2.24, 2.45) is 0 Å². The number of nitrogens with zero attached hydrogens (tertiary/aromatic N) is 3. The largest absolute Gasteiger partial charge is 0.503 e. The predicted octanol–water partition coefficient (Wildman–Crippen LogP) is 2.77. The summed E-state index contributed by atoms with van der Waals surface area (Å²) in [6.45, 7) is 4.14. The first-order valence-electron chi connectivity index (χ1n) is 7.54. The van der Waals surface area contributed by atoms with Crippen LogP contribution in [-0.2, 0) is 0 Å². The van der Waals surface area contributed by atoms with Crippen molar-refractivity contribution in [2.75, 3.05) is 36.0 Å². The average Bonchev–Trinajstić information content (AvgIpc) is 2.49. The van der Waals surface area contributed by atoms with E-state index in [1.54, 1.807) is 0 Å². The van der Waals surface area contributed by atoms with E-state index in [2.05, 4.69) is 14.8 Å². The predicted molar refractivity (Wildman–Crippen MR) is 78.0 cm³/mol. The van der Waals surface area contributed by atoms with Crippen LogP contribution in [0.5, 0.6) is 5.75 Å². The number of hydrogen-bond donors (Lipinski definition) is 1. The Kier molecular flexibility index (Phi) is 3.76. The van der Waals surface area contributed by atoms with E-state index in [4.69, 9.17) is 0 Å². The molecule has 0 radical (unpaired) electrons. The molecule has 19 heavy (non-hydrogen) atoms. The topological polar surface area (TPSA) is 39.6 Å². The number of rotatable bonds is 2. The first-order valence-corrected chi connectivity index (χ1v) is 7.54. The second-order valence-electron chi connectivity index (χ2n) is 5.60. The Morgan fingerprint density at radius 2 is 1.42 bits per heavy atom. The van der Waals surface area contributed by atoms with E-state index in [0.29, 0.717) is 5.75 Å². The van der Waals surface area contributed by atoms with Gasteiger partial charge in [-0.05, 0) is 44.6 Å². The summed E-state index contributed by atoms with van der Waals surface area (Å²) in [6.07, 6.45) is 9.30. The average molecular weight is 261 g/mol. The lowest BCUT2D eigenvalue weighted by atomic mass is 10.1. The number of aromatic hydroxyl groups is 1. The van der Waals surface area contributed by atoms with Crippen LogP contribution < -0.4 is 9.80 Å². The summed E-state index contributed by atoms with van der Waals surface area (Å²) >= 11 is 0. The Bertz CT molecular complexity index is 387. The van der Waals surface area contributed by atoms with Gasteiger partial charge >= 0.3 is 0 Å². The Labute approximate surface area is 115 Å². The highest BCUT2D eigenvalue weighted by Gasteiger charge is 2.21. The smallest absolute Gasteiger partial charge is 0.182 e. The zero-order valence-corrected chi connectivity index (χ0v) is 11.5. The van der Waals surface area contributed by atoms with Gasteiger partial charge in [-0.25, -0.2) is 4.98 Å². The third-order valence-corrected chi connectivity index (χ3v) is 4.24. The van der Waals surface area contributed by atoms with E-state index in [-0.39, 0.29) is 0 Å². The van der Waals surface area contributed by atoms with E-state index in [1.807, 2.05) is 12.3 Å². The molecule has 0 aromatic carbocycles. The fourth-order valence-corrected chi connectivity index (χ4v) is 3.16. The monoisotopic (exact) mass is 261 g/mol. The zero-order valence-electron chi connectivity index (χ0n) is 11.5. The summed E-state index contributed by atoms with van der Waals surface area (Å²) in [6, 6.07) is 1.95.